The fraction of sp³-hybridized carbons (Fsp3) is 0. The second kappa shape index (κ2) is 14.0. The summed E-state index contributed by atoms with van der Waals surface area (Å²) in [6, 6.07) is 72.4. The number of anilines is 3. The second-order valence-electron chi connectivity index (χ2n) is 14.5. The van der Waals surface area contributed by atoms with Gasteiger partial charge in [0.1, 0.15) is 0 Å². The number of hydrogen-bond acceptors (Lipinski definition) is 4. The van der Waals surface area contributed by atoms with Gasteiger partial charge in [0.15, 0.2) is 0 Å². The maximum absolute atomic E-state index is 5.22. The van der Waals surface area contributed by atoms with E-state index in [9.17, 15) is 0 Å². The molecule has 0 saturated carbocycles. The van der Waals surface area contributed by atoms with E-state index in [0.29, 0.717) is 0 Å². The van der Waals surface area contributed by atoms with E-state index in [1.165, 1.54) is 27.4 Å². The third kappa shape index (κ3) is 5.76. The Bertz CT molecular complexity index is 3200. The Labute approximate surface area is 335 Å². The Balaban J connectivity index is 1.02. The summed E-state index contributed by atoms with van der Waals surface area (Å²) in [7, 11) is 0. The fourth-order valence-electron chi connectivity index (χ4n) is 8.27. The minimum absolute atomic E-state index is 0.839. The zero-order valence-corrected chi connectivity index (χ0v) is 31.4. The monoisotopic (exact) mass is 741 g/mol. The first-order chi connectivity index (χ1) is 28.8. The maximum Gasteiger partial charge on any atom is 0.0973 e. The first-order valence-corrected chi connectivity index (χ1v) is 19.5. The number of hydrogen-bond donors (Lipinski definition) is 0. The standard InChI is InChI=1S/C53H35N5/c1-2-12-36(13-3-1)37-23-25-39(26-24-37)52-53(56-47-19-7-6-18-46(47)55-52)40-27-29-41(30-28-40)57(50-22-10-14-38-15-11-35-54-51(38)50)42-31-33-43(34-32-42)58-48-20-8-4-16-44(48)45-17-5-9-21-49(45)58/h1-35H. The third-order valence-corrected chi connectivity index (χ3v) is 11.0. The van der Waals surface area contributed by atoms with Gasteiger partial charge in [-0.05, 0) is 83.9 Å². The summed E-state index contributed by atoms with van der Waals surface area (Å²) in [5.74, 6) is 0. The Kier molecular flexibility index (Phi) is 8.07. The van der Waals surface area contributed by atoms with Crippen molar-refractivity contribution in [1.82, 2.24) is 19.5 Å². The topological polar surface area (TPSA) is 46.8 Å². The molecule has 0 spiro atoms. The van der Waals surface area contributed by atoms with Crippen molar-refractivity contribution in [3.05, 3.63) is 212 Å². The highest BCUT2D eigenvalue weighted by atomic mass is 15.1. The van der Waals surface area contributed by atoms with E-state index in [1.54, 1.807) is 0 Å². The molecule has 0 unspecified atom stereocenters. The molecule has 0 aliphatic carbocycles. The van der Waals surface area contributed by atoms with Crippen LogP contribution in [0.15, 0.2) is 212 Å². The number of rotatable bonds is 7. The van der Waals surface area contributed by atoms with Crippen LogP contribution in [0.3, 0.4) is 0 Å². The lowest BCUT2D eigenvalue weighted by Crippen LogP contribution is -2.11. The van der Waals surface area contributed by atoms with Gasteiger partial charge in [-0.2, -0.15) is 0 Å². The molecule has 272 valence electrons. The summed E-state index contributed by atoms with van der Waals surface area (Å²) >= 11 is 0. The van der Waals surface area contributed by atoms with Gasteiger partial charge in [0, 0.05) is 50.5 Å². The molecule has 0 bridgehead atoms. The van der Waals surface area contributed by atoms with Gasteiger partial charge < -0.3 is 9.47 Å². The molecule has 58 heavy (non-hydrogen) atoms. The van der Waals surface area contributed by atoms with Crippen molar-refractivity contribution >= 4 is 60.8 Å². The largest absolute Gasteiger partial charge is 0.309 e. The predicted octanol–water partition coefficient (Wildman–Crippen LogP) is 13.7. The highest BCUT2D eigenvalue weighted by molar-refractivity contribution is 6.09. The van der Waals surface area contributed by atoms with Crippen molar-refractivity contribution in [1.29, 1.82) is 0 Å². The van der Waals surface area contributed by atoms with Crippen LogP contribution in [0.1, 0.15) is 0 Å². The molecule has 0 atom stereocenters. The highest BCUT2D eigenvalue weighted by Crippen LogP contribution is 2.41. The summed E-state index contributed by atoms with van der Waals surface area (Å²) in [5.41, 5.74) is 15.2. The minimum Gasteiger partial charge on any atom is -0.309 e. The van der Waals surface area contributed by atoms with E-state index in [1.807, 2.05) is 42.6 Å². The summed E-state index contributed by atoms with van der Waals surface area (Å²) < 4.78 is 2.35. The van der Waals surface area contributed by atoms with Crippen LogP contribution in [0.2, 0.25) is 0 Å². The molecule has 0 N–H and O–H groups in total. The number of fused-ring (bicyclic) bond motifs is 5. The number of aromatic nitrogens is 4. The Morgan fingerprint density at radius 2 is 0.879 bits per heavy atom. The zero-order chi connectivity index (χ0) is 38.4. The lowest BCUT2D eigenvalue weighted by atomic mass is 9.99. The summed E-state index contributed by atoms with van der Waals surface area (Å²) in [6.45, 7) is 0. The Hall–Kier alpha value is -7.89. The van der Waals surface area contributed by atoms with Crippen LogP contribution in [0.25, 0.3) is 83.1 Å². The smallest absolute Gasteiger partial charge is 0.0973 e. The summed E-state index contributed by atoms with van der Waals surface area (Å²) in [6.07, 6.45) is 1.87. The van der Waals surface area contributed by atoms with Crippen LogP contribution in [0.4, 0.5) is 17.1 Å². The predicted molar refractivity (Wildman–Crippen MR) is 240 cm³/mol. The van der Waals surface area contributed by atoms with Crippen LogP contribution in [0, 0.1) is 0 Å². The number of pyridine rings is 1. The highest BCUT2D eigenvalue weighted by Gasteiger charge is 2.19. The van der Waals surface area contributed by atoms with Gasteiger partial charge in [-0.1, -0.05) is 133 Å². The molecular weight excluding hydrogens is 707 g/mol. The SMILES string of the molecule is c1ccc(-c2ccc(-c3nc4ccccc4nc3-c3ccc(N(c4ccc(-n5c6ccccc6c6ccccc65)cc4)c4cccc5cccnc45)cc3)cc2)cc1. The van der Waals surface area contributed by atoms with Crippen molar-refractivity contribution in [2.24, 2.45) is 0 Å². The Morgan fingerprint density at radius 1 is 0.379 bits per heavy atom. The van der Waals surface area contributed by atoms with Crippen LogP contribution in [-0.4, -0.2) is 19.5 Å². The van der Waals surface area contributed by atoms with Crippen LogP contribution < -0.4 is 4.90 Å². The molecule has 11 aromatic rings. The molecule has 5 nitrogen and oxygen atoms in total. The number of para-hydroxylation sites is 5. The number of benzene rings is 8. The molecule has 0 amide bonds. The summed E-state index contributed by atoms with van der Waals surface area (Å²) in [4.78, 5) is 17.6. The van der Waals surface area contributed by atoms with Gasteiger partial charge in [0.05, 0.1) is 44.7 Å². The van der Waals surface area contributed by atoms with E-state index in [-0.39, 0.29) is 0 Å². The van der Waals surface area contributed by atoms with Crippen molar-refractivity contribution in [2.45, 2.75) is 0 Å². The molecule has 0 saturated heterocycles. The van der Waals surface area contributed by atoms with Gasteiger partial charge in [0.25, 0.3) is 0 Å². The van der Waals surface area contributed by atoms with E-state index >= 15 is 0 Å². The average Bonchev–Trinajstić information content (AvgIpc) is 3.64. The molecular formula is C53H35N5. The fourth-order valence-corrected chi connectivity index (χ4v) is 8.27. The second-order valence-corrected chi connectivity index (χ2v) is 14.5. The average molecular weight is 742 g/mol. The van der Waals surface area contributed by atoms with Gasteiger partial charge >= 0.3 is 0 Å². The lowest BCUT2D eigenvalue weighted by Gasteiger charge is -2.27. The molecule has 8 aromatic carbocycles. The van der Waals surface area contributed by atoms with Gasteiger partial charge in [0.2, 0.25) is 0 Å². The zero-order valence-electron chi connectivity index (χ0n) is 31.4. The molecule has 3 aromatic heterocycles. The quantitative estimate of drug-likeness (QED) is 0.163. The molecule has 0 radical (unpaired) electrons. The van der Waals surface area contributed by atoms with E-state index in [4.69, 9.17) is 15.0 Å². The number of nitrogens with zero attached hydrogens (tertiary/aromatic N) is 5. The molecule has 11 rings (SSSR count). The van der Waals surface area contributed by atoms with Crippen molar-refractivity contribution < 1.29 is 0 Å². The normalized spacial score (nSPS) is 11.4. The van der Waals surface area contributed by atoms with E-state index in [0.717, 1.165) is 72.8 Å². The third-order valence-electron chi connectivity index (χ3n) is 11.0. The lowest BCUT2D eigenvalue weighted by molar-refractivity contribution is 1.17. The molecule has 5 heteroatoms. The molecule has 3 heterocycles. The molecule has 0 aliphatic rings. The van der Waals surface area contributed by atoms with Crippen LogP contribution in [-0.2, 0) is 0 Å². The van der Waals surface area contributed by atoms with E-state index < -0.39 is 0 Å². The minimum atomic E-state index is 0.839. The van der Waals surface area contributed by atoms with E-state index in [2.05, 4.69) is 179 Å². The van der Waals surface area contributed by atoms with Crippen molar-refractivity contribution in [3.8, 4) is 39.3 Å². The van der Waals surface area contributed by atoms with Crippen LogP contribution >= 0.6 is 0 Å². The van der Waals surface area contributed by atoms with Crippen molar-refractivity contribution in [2.75, 3.05) is 4.90 Å². The first-order valence-electron chi connectivity index (χ1n) is 19.5. The Morgan fingerprint density at radius 3 is 1.52 bits per heavy atom. The van der Waals surface area contributed by atoms with Crippen LogP contribution in [0.5, 0.6) is 0 Å². The maximum atomic E-state index is 5.22. The van der Waals surface area contributed by atoms with Gasteiger partial charge in [-0.25, -0.2) is 9.97 Å². The molecule has 0 fully saturated rings. The first kappa shape index (κ1) is 33.4. The van der Waals surface area contributed by atoms with Gasteiger partial charge in [-0.15, -0.1) is 0 Å². The van der Waals surface area contributed by atoms with Crippen molar-refractivity contribution in [3.63, 3.8) is 0 Å². The summed E-state index contributed by atoms with van der Waals surface area (Å²) in [5, 5.41) is 3.57. The molecule has 0 aliphatic heterocycles. The van der Waals surface area contributed by atoms with Gasteiger partial charge in [-0.3, -0.25) is 4.98 Å².